The van der Waals surface area contributed by atoms with Crippen molar-refractivity contribution in [1.82, 2.24) is 15.2 Å². The van der Waals surface area contributed by atoms with E-state index in [0.717, 1.165) is 13.0 Å². The molecule has 33 heavy (non-hydrogen) atoms. The summed E-state index contributed by atoms with van der Waals surface area (Å²) >= 11 is 0. The van der Waals surface area contributed by atoms with E-state index >= 15 is 0 Å². The lowest BCUT2D eigenvalue weighted by atomic mass is 9.97. The molecule has 2 aromatic carbocycles. The number of fused-ring (bicyclic) bond motifs is 1. The van der Waals surface area contributed by atoms with Crippen LogP contribution in [0.2, 0.25) is 0 Å². The van der Waals surface area contributed by atoms with E-state index in [9.17, 15) is 14.3 Å². The number of aliphatic hydroxyl groups excluding tert-OH is 1. The largest absolute Gasteiger partial charge is 0.487 e. The molecule has 3 aromatic rings. The smallest absolute Gasteiger partial charge is 0.270 e. The summed E-state index contributed by atoms with van der Waals surface area (Å²) in [5, 5.41) is 14.4. The van der Waals surface area contributed by atoms with Crippen molar-refractivity contribution in [3.63, 3.8) is 0 Å². The number of benzene rings is 2. The van der Waals surface area contributed by atoms with Gasteiger partial charge in [0.2, 0.25) is 0 Å². The van der Waals surface area contributed by atoms with Crippen molar-refractivity contribution in [2.75, 3.05) is 6.54 Å². The number of ether oxygens (including phenoxy) is 1. The molecule has 0 saturated heterocycles. The lowest BCUT2D eigenvalue weighted by molar-refractivity contribution is 0.00249. The Labute approximate surface area is 192 Å². The van der Waals surface area contributed by atoms with Crippen molar-refractivity contribution in [3.8, 4) is 5.75 Å². The van der Waals surface area contributed by atoms with Gasteiger partial charge >= 0.3 is 0 Å². The zero-order valence-electron chi connectivity index (χ0n) is 18.1. The van der Waals surface area contributed by atoms with Crippen LogP contribution in [0.5, 0.6) is 5.75 Å². The van der Waals surface area contributed by atoms with Gasteiger partial charge in [-0.15, -0.1) is 0 Å². The summed E-state index contributed by atoms with van der Waals surface area (Å²) in [6.07, 6.45) is 1.41. The topological polar surface area (TPSA) is 74.7 Å². The van der Waals surface area contributed by atoms with Crippen molar-refractivity contribution in [2.45, 2.75) is 43.7 Å². The maximum atomic E-state index is 13.7. The predicted molar refractivity (Wildman–Crippen MR) is 121 cm³/mol. The monoisotopic (exact) mass is 447 g/mol. The highest BCUT2D eigenvalue weighted by molar-refractivity contribution is 5.92. The standard InChI is InChI=1S/C26H26FN3O3/c27-19-8-5-9-20(14-19)33-23-15-22(29-26(32)21-10-3-4-12-28-21)24(25(23)31)30-13-11-17-6-1-2-7-18(17)16-30/h1-10,12,14,22-25,31H,11,13,15-16H2,(H,29,32)/t22-,23-,24+,25+/m1/s1. The maximum Gasteiger partial charge on any atom is 0.270 e. The van der Waals surface area contributed by atoms with Gasteiger partial charge in [0, 0.05) is 31.8 Å². The molecule has 0 unspecified atom stereocenters. The Bertz CT molecular complexity index is 1130. The van der Waals surface area contributed by atoms with Crippen molar-refractivity contribution in [3.05, 3.63) is 95.6 Å². The molecule has 2 aliphatic rings. The Hall–Kier alpha value is -3.29. The number of aromatic nitrogens is 1. The minimum atomic E-state index is -0.854. The van der Waals surface area contributed by atoms with E-state index in [1.54, 1.807) is 36.5 Å². The fourth-order valence-corrected chi connectivity index (χ4v) is 4.95. The van der Waals surface area contributed by atoms with Crippen LogP contribution in [0.3, 0.4) is 0 Å². The number of hydrogen-bond acceptors (Lipinski definition) is 5. The molecule has 1 aliphatic carbocycles. The zero-order chi connectivity index (χ0) is 22.8. The van der Waals surface area contributed by atoms with Gasteiger partial charge in [-0.1, -0.05) is 36.4 Å². The van der Waals surface area contributed by atoms with Crippen LogP contribution in [-0.4, -0.2) is 51.7 Å². The van der Waals surface area contributed by atoms with Crippen molar-refractivity contribution in [2.24, 2.45) is 0 Å². The van der Waals surface area contributed by atoms with Crippen molar-refractivity contribution >= 4 is 5.91 Å². The average molecular weight is 448 g/mol. The lowest BCUT2D eigenvalue weighted by Crippen LogP contribution is -2.54. The first-order chi connectivity index (χ1) is 16.1. The normalized spacial score (nSPS) is 24.8. The summed E-state index contributed by atoms with van der Waals surface area (Å²) in [7, 11) is 0. The summed E-state index contributed by atoms with van der Waals surface area (Å²) in [5.74, 6) is -0.329. The summed E-state index contributed by atoms with van der Waals surface area (Å²) in [4.78, 5) is 19.2. The van der Waals surface area contributed by atoms with Gasteiger partial charge in [-0.2, -0.15) is 0 Å². The van der Waals surface area contributed by atoms with E-state index in [1.165, 1.54) is 23.3 Å². The lowest BCUT2D eigenvalue weighted by Gasteiger charge is -2.38. The molecule has 7 heteroatoms. The Morgan fingerprint density at radius 3 is 2.70 bits per heavy atom. The van der Waals surface area contributed by atoms with Gasteiger partial charge in [-0.05, 0) is 41.8 Å². The van der Waals surface area contributed by atoms with Crippen LogP contribution in [-0.2, 0) is 13.0 Å². The third-order valence-electron chi connectivity index (χ3n) is 6.51. The molecule has 1 aromatic heterocycles. The molecule has 1 fully saturated rings. The van der Waals surface area contributed by atoms with E-state index in [-0.39, 0.29) is 18.0 Å². The minimum absolute atomic E-state index is 0.290. The first-order valence-corrected chi connectivity index (χ1v) is 11.2. The SMILES string of the molecule is O=C(N[C@@H]1C[C@@H](Oc2cccc(F)c2)[C@H](O)[C@H]1N1CCc2ccccc2C1)c1ccccn1. The summed E-state index contributed by atoms with van der Waals surface area (Å²) in [6.45, 7) is 1.45. The number of carbonyl (C=O) groups excluding carboxylic acids is 1. The number of carbonyl (C=O) groups is 1. The van der Waals surface area contributed by atoms with Crippen molar-refractivity contribution < 1.29 is 19.0 Å². The first kappa shape index (κ1) is 21.6. The molecule has 0 bridgehead atoms. The number of halogens is 1. The van der Waals surface area contributed by atoms with Gasteiger partial charge in [0.05, 0.1) is 12.1 Å². The first-order valence-electron chi connectivity index (χ1n) is 11.2. The molecule has 1 aliphatic heterocycles. The third kappa shape index (κ3) is 4.60. The average Bonchev–Trinajstić information content (AvgIpc) is 3.13. The molecule has 0 spiro atoms. The number of aliphatic hydroxyl groups is 1. The highest BCUT2D eigenvalue weighted by atomic mass is 19.1. The highest BCUT2D eigenvalue weighted by Gasteiger charge is 2.48. The summed E-state index contributed by atoms with van der Waals surface area (Å²) < 4.78 is 19.7. The van der Waals surface area contributed by atoms with E-state index in [1.807, 2.05) is 12.1 Å². The molecule has 2 N–H and O–H groups in total. The van der Waals surface area contributed by atoms with Crippen LogP contribution < -0.4 is 10.1 Å². The molecule has 6 nitrogen and oxygen atoms in total. The van der Waals surface area contributed by atoms with E-state index in [2.05, 4.69) is 27.3 Å². The second-order valence-electron chi connectivity index (χ2n) is 8.61. The fourth-order valence-electron chi connectivity index (χ4n) is 4.95. The molecular formula is C26H26FN3O3. The fraction of sp³-hybridized carbons (Fsp3) is 0.308. The van der Waals surface area contributed by atoms with E-state index in [4.69, 9.17) is 4.74 Å². The van der Waals surface area contributed by atoms with E-state index in [0.29, 0.717) is 24.4 Å². The molecular weight excluding hydrogens is 421 g/mol. The second-order valence-corrected chi connectivity index (χ2v) is 8.61. The van der Waals surface area contributed by atoms with E-state index < -0.39 is 18.0 Å². The zero-order valence-corrected chi connectivity index (χ0v) is 18.1. The number of hydrogen-bond donors (Lipinski definition) is 2. The highest BCUT2D eigenvalue weighted by Crippen LogP contribution is 2.32. The molecule has 0 radical (unpaired) electrons. The van der Waals surface area contributed by atoms with Gasteiger partial charge in [0.1, 0.15) is 29.5 Å². The number of nitrogens with one attached hydrogen (secondary N) is 1. The minimum Gasteiger partial charge on any atom is -0.487 e. The van der Waals surface area contributed by atoms with Gasteiger partial charge in [0.15, 0.2) is 0 Å². The number of pyridine rings is 1. The van der Waals surface area contributed by atoms with Crippen LogP contribution in [0, 0.1) is 5.82 Å². The van der Waals surface area contributed by atoms with Gasteiger partial charge in [-0.25, -0.2) is 4.39 Å². The molecule has 2 heterocycles. The predicted octanol–water partition coefficient (Wildman–Crippen LogP) is 2.96. The molecule has 1 amide bonds. The van der Waals surface area contributed by atoms with Crippen LogP contribution in [0.25, 0.3) is 0 Å². The second kappa shape index (κ2) is 9.29. The Morgan fingerprint density at radius 1 is 1.09 bits per heavy atom. The van der Waals surface area contributed by atoms with Crippen molar-refractivity contribution in [1.29, 1.82) is 0 Å². The van der Waals surface area contributed by atoms with Crippen LogP contribution in [0.15, 0.2) is 72.9 Å². The Balaban J connectivity index is 1.39. The Kier molecular flexibility index (Phi) is 6.07. The summed E-state index contributed by atoms with van der Waals surface area (Å²) in [5.41, 5.74) is 2.85. The van der Waals surface area contributed by atoms with Crippen LogP contribution in [0.1, 0.15) is 28.0 Å². The quantitative estimate of drug-likeness (QED) is 0.629. The molecule has 1 saturated carbocycles. The van der Waals surface area contributed by atoms with Gasteiger partial charge < -0.3 is 15.2 Å². The molecule has 5 rings (SSSR count). The summed E-state index contributed by atoms with van der Waals surface area (Å²) in [6, 6.07) is 18.7. The number of amides is 1. The Morgan fingerprint density at radius 2 is 1.91 bits per heavy atom. The van der Waals surface area contributed by atoms with Crippen LogP contribution >= 0.6 is 0 Å². The van der Waals surface area contributed by atoms with Gasteiger partial charge in [0.25, 0.3) is 5.91 Å². The van der Waals surface area contributed by atoms with Gasteiger partial charge in [-0.3, -0.25) is 14.7 Å². The molecule has 4 atom stereocenters. The molecule has 170 valence electrons. The van der Waals surface area contributed by atoms with Crippen LogP contribution in [0.4, 0.5) is 4.39 Å². The third-order valence-corrected chi connectivity index (χ3v) is 6.51. The number of rotatable bonds is 5. The maximum absolute atomic E-state index is 13.7. The number of nitrogens with zero attached hydrogens (tertiary/aromatic N) is 2.